The minimum absolute atomic E-state index is 0.597. The van der Waals surface area contributed by atoms with Crippen molar-refractivity contribution < 1.29 is 4.74 Å². The maximum Gasteiger partial charge on any atom is 0.224 e. The number of hydrogen-bond donors (Lipinski definition) is 0. The number of rotatable bonds is 2. The van der Waals surface area contributed by atoms with E-state index >= 15 is 0 Å². The molecule has 0 unspecified atom stereocenters. The topological polar surface area (TPSA) is 22.1 Å². The Morgan fingerprint density at radius 2 is 2.13 bits per heavy atom. The zero-order chi connectivity index (χ0) is 10.8. The quantitative estimate of drug-likeness (QED) is 0.810. The Morgan fingerprint density at radius 1 is 1.33 bits per heavy atom. The van der Waals surface area contributed by atoms with Crippen molar-refractivity contribution in [3.8, 4) is 16.5 Å². The third-order valence-corrected chi connectivity index (χ3v) is 3.26. The predicted octanol–water partition coefficient (Wildman–Crippen LogP) is 4.13. The van der Waals surface area contributed by atoms with Gasteiger partial charge in [0.25, 0.3) is 0 Å². The number of hydrogen-bond acceptors (Lipinski definition) is 3. The summed E-state index contributed by atoms with van der Waals surface area (Å²) in [6.45, 7) is 0. The summed E-state index contributed by atoms with van der Waals surface area (Å²) in [5, 5.41) is 3.88. The highest BCUT2D eigenvalue weighted by Crippen LogP contribution is 2.33. The summed E-state index contributed by atoms with van der Waals surface area (Å²) < 4.78 is 5.01. The van der Waals surface area contributed by atoms with Crippen LogP contribution < -0.4 is 4.74 Å². The molecular formula is C10H7Cl2NOS. The van der Waals surface area contributed by atoms with Crippen molar-refractivity contribution in [3.05, 3.63) is 33.6 Å². The van der Waals surface area contributed by atoms with E-state index in [0.717, 1.165) is 10.6 Å². The van der Waals surface area contributed by atoms with E-state index in [1.165, 1.54) is 11.3 Å². The van der Waals surface area contributed by atoms with Crippen LogP contribution in [0.25, 0.3) is 10.6 Å². The van der Waals surface area contributed by atoms with Crippen LogP contribution in [0, 0.1) is 0 Å². The van der Waals surface area contributed by atoms with Gasteiger partial charge >= 0.3 is 0 Å². The Kier molecular flexibility index (Phi) is 3.14. The van der Waals surface area contributed by atoms with Gasteiger partial charge in [0, 0.05) is 10.6 Å². The van der Waals surface area contributed by atoms with Crippen LogP contribution in [0.2, 0.25) is 10.0 Å². The average Bonchev–Trinajstić information content (AvgIpc) is 2.66. The van der Waals surface area contributed by atoms with E-state index < -0.39 is 0 Å². The van der Waals surface area contributed by atoms with Crippen LogP contribution in [0.1, 0.15) is 0 Å². The lowest BCUT2D eigenvalue weighted by Crippen LogP contribution is -1.82. The summed E-state index contributed by atoms with van der Waals surface area (Å²) in [5.74, 6) is 0.598. The molecule has 0 spiro atoms. The predicted molar refractivity (Wildman–Crippen MR) is 64.1 cm³/mol. The third kappa shape index (κ3) is 2.25. The molecule has 2 rings (SSSR count). The van der Waals surface area contributed by atoms with Crippen molar-refractivity contribution in [2.24, 2.45) is 0 Å². The highest BCUT2D eigenvalue weighted by Gasteiger charge is 2.08. The molecule has 2 nitrogen and oxygen atoms in total. The monoisotopic (exact) mass is 259 g/mol. The maximum atomic E-state index is 6.06. The first-order valence-corrected chi connectivity index (χ1v) is 5.79. The molecular weight excluding hydrogens is 253 g/mol. The molecule has 0 fully saturated rings. The van der Waals surface area contributed by atoms with E-state index in [-0.39, 0.29) is 0 Å². The SMILES string of the molecule is COc1csc(-c2ccc(Cl)cc2Cl)n1. The van der Waals surface area contributed by atoms with Gasteiger partial charge in [-0.25, -0.2) is 4.98 Å². The largest absolute Gasteiger partial charge is 0.480 e. The second kappa shape index (κ2) is 4.39. The molecule has 0 saturated heterocycles. The second-order valence-corrected chi connectivity index (χ2v) is 4.52. The van der Waals surface area contributed by atoms with Gasteiger partial charge in [0.1, 0.15) is 5.01 Å². The van der Waals surface area contributed by atoms with Crippen molar-refractivity contribution in [1.29, 1.82) is 0 Å². The van der Waals surface area contributed by atoms with E-state index in [1.807, 2.05) is 11.4 Å². The normalized spacial score (nSPS) is 10.3. The number of methoxy groups -OCH3 is 1. The molecule has 0 aliphatic carbocycles. The van der Waals surface area contributed by atoms with Crippen LogP contribution in [-0.4, -0.2) is 12.1 Å². The lowest BCUT2D eigenvalue weighted by atomic mass is 10.2. The number of nitrogens with zero attached hydrogens (tertiary/aromatic N) is 1. The number of aromatic nitrogens is 1. The summed E-state index contributed by atoms with van der Waals surface area (Å²) >= 11 is 13.4. The summed E-state index contributed by atoms with van der Waals surface area (Å²) in [7, 11) is 1.59. The molecule has 2 aromatic rings. The fraction of sp³-hybridized carbons (Fsp3) is 0.100. The number of ether oxygens (including phenoxy) is 1. The van der Waals surface area contributed by atoms with Crippen molar-refractivity contribution in [2.75, 3.05) is 7.11 Å². The van der Waals surface area contributed by atoms with Gasteiger partial charge in [0.2, 0.25) is 5.88 Å². The van der Waals surface area contributed by atoms with Gasteiger partial charge in [-0.3, -0.25) is 0 Å². The first-order valence-electron chi connectivity index (χ1n) is 4.15. The molecule has 15 heavy (non-hydrogen) atoms. The molecule has 0 atom stereocenters. The van der Waals surface area contributed by atoms with Crippen molar-refractivity contribution in [2.45, 2.75) is 0 Å². The van der Waals surface area contributed by atoms with Crippen molar-refractivity contribution in [3.63, 3.8) is 0 Å². The lowest BCUT2D eigenvalue weighted by Gasteiger charge is -2.00. The minimum atomic E-state index is 0.597. The van der Waals surface area contributed by atoms with Gasteiger partial charge in [-0.05, 0) is 18.2 Å². The Morgan fingerprint density at radius 3 is 2.73 bits per heavy atom. The van der Waals surface area contributed by atoms with Gasteiger partial charge in [0.05, 0.1) is 17.5 Å². The van der Waals surface area contributed by atoms with E-state index in [2.05, 4.69) is 4.98 Å². The van der Waals surface area contributed by atoms with E-state index in [4.69, 9.17) is 27.9 Å². The van der Waals surface area contributed by atoms with Crippen LogP contribution in [0.3, 0.4) is 0 Å². The van der Waals surface area contributed by atoms with Gasteiger partial charge in [-0.15, -0.1) is 11.3 Å². The van der Waals surface area contributed by atoms with Gasteiger partial charge < -0.3 is 4.74 Å². The molecule has 1 aromatic carbocycles. The van der Waals surface area contributed by atoms with Crippen LogP contribution in [-0.2, 0) is 0 Å². The molecule has 78 valence electrons. The molecule has 0 saturated carbocycles. The van der Waals surface area contributed by atoms with E-state index in [9.17, 15) is 0 Å². The summed E-state index contributed by atoms with van der Waals surface area (Å²) in [5.41, 5.74) is 0.870. The molecule has 0 amide bonds. The zero-order valence-electron chi connectivity index (χ0n) is 7.83. The highest BCUT2D eigenvalue weighted by atomic mass is 35.5. The zero-order valence-corrected chi connectivity index (χ0v) is 10.2. The molecule has 0 radical (unpaired) electrons. The van der Waals surface area contributed by atoms with Crippen LogP contribution in [0.15, 0.2) is 23.6 Å². The molecule has 0 aliphatic heterocycles. The second-order valence-electron chi connectivity index (χ2n) is 2.82. The standard InChI is InChI=1S/C10H7Cl2NOS/c1-14-9-5-15-10(13-9)7-3-2-6(11)4-8(7)12/h2-5H,1H3. The van der Waals surface area contributed by atoms with E-state index in [1.54, 1.807) is 19.2 Å². The Labute approximate surface area is 101 Å². The first-order chi connectivity index (χ1) is 7.20. The fourth-order valence-electron chi connectivity index (χ4n) is 1.14. The minimum Gasteiger partial charge on any atom is -0.480 e. The number of halogens is 2. The Hall–Kier alpha value is -0.770. The van der Waals surface area contributed by atoms with Crippen molar-refractivity contribution in [1.82, 2.24) is 4.98 Å². The van der Waals surface area contributed by atoms with Crippen molar-refractivity contribution >= 4 is 34.5 Å². The van der Waals surface area contributed by atoms with Crippen LogP contribution >= 0.6 is 34.5 Å². The number of thiazole rings is 1. The van der Waals surface area contributed by atoms with Crippen LogP contribution in [0.5, 0.6) is 5.88 Å². The molecule has 5 heteroatoms. The van der Waals surface area contributed by atoms with Gasteiger partial charge in [-0.1, -0.05) is 23.2 Å². The van der Waals surface area contributed by atoms with Gasteiger partial charge in [-0.2, -0.15) is 0 Å². The highest BCUT2D eigenvalue weighted by molar-refractivity contribution is 7.13. The molecule has 0 bridgehead atoms. The maximum absolute atomic E-state index is 6.06. The lowest BCUT2D eigenvalue weighted by molar-refractivity contribution is 0.401. The first kappa shape index (κ1) is 10.7. The number of benzene rings is 1. The fourth-order valence-corrected chi connectivity index (χ4v) is 2.50. The summed E-state index contributed by atoms with van der Waals surface area (Å²) in [4.78, 5) is 4.26. The smallest absolute Gasteiger partial charge is 0.224 e. The Balaban J connectivity index is 2.44. The Bertz CT molecular complexity index is 484. The summed E-state index contributed by atoms with van der Waals surface area (Å²) in [6, 6.07) is 5.34. The third-order valence-electron chi connectivity index (χ3n) is 1.85. The average molecular weight is 260 g/mol. The van der Waals surface area contributed by atoms with E-state index in [0.29, 0.717) is 15.9 Å². The summed E-state index contributed by atoms with van der Waals surface area (Å²) in [6.07, 6.45) is 0. The van der Waals surface area contributed by atoms with Crippen LogP contribution in [0.4, 0.5) is 0 Å². The molecule has 1 aromatic heterocycles. The molecule has 0 N–H and O–H groups in total. The molecule has 0 aliphatic rings. The molecule has 1 heterocycles. The van der Waals surface area contributed by atoms with Gasteiger partial charge in [0.15, 0.2) is 0 Å².